The molecule has 2 aromatic carbocycles. The summed E-state index contributed by atoms with van der Waals surface area (Å²) in [5.74, 6) is -1.28. The summed E-state index contributed by atoms with van der Waals surface area (Å²) in [5.41, 5.74) is 4.38. The molecular weight excluding hydrogens is 416 g/mol. The highest BCUT2D eigenvalue weighted by atomic mass is 16.5. The first-order valence-electron chi connectivity index (χ1n) is 9.71. The summed E-state index contributed by atoms with van der Waals surface area (Å²) in [7, 11) is 2.95. The molecule has 0 bridgehead atoms. The number of hydrogen-bond donors (Lipinski definition) is 3. The third-order valence-corrected chi connectivity index (χ3v) is 4.14. The molecule has 0 heterocycles. The summed E-state index contributed by atoms with van der Waals surface area (Å²) < 4.78 is 15.6. The van der Waals surface area contributed by atoms with Crippen molar-refractivity contribution in [2.75, 3.05) is 39.3 Å². The van der Waals surface area contributed by atoms with E-state index in [-0.39, 0.29) is 19.1 Å². The van der Waals surface area contributed by atoms with Crippen LogP contribution < -0.4 is 25.5 Å². The molecule has 2 aromatic rings. The number of nitrogens with one attached hydrogen (secondary N) is 3. The number of aryl methyl sites for hydroxylation is 1. The fourth-order valence-electron chi connectivity index (χ4n) is 2.49. The zero-order chi connectivity index (χ0) is 23.3. The number of benzene rings is 2. The number of rotatable bonds is 10. The second kappa shape index (κ2) is 12.7. The summed E-state index contributed by atoms with van der Waals surface area (Å²) in [5, 5.41) is 8.92. The molecule has 0 saturated heterocycles. The molecule has 0 aliphatic heterocycles. The number of methoxy groups -OCH3 is 2. The van der Waals surface area contributed by atoms with Crippen LogP contribution in [0.25, 0.3) is 0 Å². The smallest absolute Gasteiger partial charge is 0.329 e. The highest BCUT2D eigenvalue weighted by Crippen LogP contribution is 2.27. The van der Waals surface area contributed by atoms with Gasteiger partial charge in [-0.2, -0.15) is 5.10 Å². The van der Waals surface area contributed by atoms with Gasteiger partial charge in [-0.25, -0.2) is 5.43 Å². The molecule has 170 valence electrons. The van der Waals surface area contributed by atoms with E-state index in [0.717, 1.165) is 5.56 Å². The lowest BCUT2D eigenvalue weighted by Gasteiger charge is -2.12. The average Bonchev–Trinajstić information content (AvgIpc) is 2.79. The van der Waals surface area contributed by atoms with Gasteiger partial charge < -0.3 is 24.8 Å². The lowest BCUT2D eigenvalue weighted by Crippen LogP contribution is -2.39. The first-order chi connectivity index (χ1) is 15.4. The Bertz CT molecular complexity index is 977. The quantitative estimate of drug-likeness (QED) is 0.220. The van der Waals surface area contributed by atoms with Crippen LogP contribution in [0.2, 0.25) is 0 Å². The van der Waals surface area contributed by atoms with Crippen LogP contribution >= 0.6 is 0 Å². The van der Waals surface area contributed by atoms with E-state index in [2.05, 4.69) is 21.2 Å². The molecule has 10 heteroatoms. The third kappa shape index (κ3) is 7.73. The number of hydrazone groups is 1. The molecule has 3 N–H and O–H groups in total. The van der Waals surface area contributed by atoms with Gasteiger partial charge in [-0.3, -0.25) is 14.4 Å². The first kappa shape index (κ1) is 24.4. The Labute approximate surface area is 185 Å². The standard InChI is InChI=1S/C22H26N4O6/c1-15-6-4-5-7-17(15)25-20(27)14-32-18-9-8-16(12-19(18)31-3)13-24-26-22(29)21(28)23-10-11-30-2/h4-9,12-13H,10-11,14H2,1-3H3,(H,23,28)(H,25,27)(H,26,29)/b24-13-. The zero-order valence-electron chi connectivity index (χ0n) is 18.1. The van der Waals surface area contributed by atoms with Gasteiger partial charge >= 0.3 is 11.8 Å². The molecule has 3 amide bonds. The topological polar surface area (TPSA) is 127 Å². The SMILES string of the molecule is COCCNC(=O)C(=O)N/N=C\c1ccc(OCC(=O)Nc2ccccc2C)c(OC)c1. The molecule has 0 spiro atoms. The second-order valence-corrected chi connectivity index (χ2v) is 6.51. The zero-order valence-corrected chi connectivity index (χ0v) is 18.1. The monoisotopic (exact) mass is 442 g/mol. The summed E-state index contributed by atoms with van der Waals surface area (Å²) in [4.78, 5) is 35.4. The van der Waals surface area contributed by atoms with Crippen molar-refractivity contribution in [3.63, 3.8) is 0 Å². The predicted molar refractivity (Wildman–Crippen MR) is 119 cm³/mol. The minimum absolute atomic E-state index is 0.202. The van der Waals surface area contributed by atoms with E-state index in [0.29, 0.717) is 29.4 Å². The molecular formula is C22H26N4O6. The maximum Gasteiger partial charge on any atom is 0.329 e. The van der Waals surface area contributed by atoms with Crippen LogP contribution in [-0.2, 0) is 19.1 Å². The molecule has 2 rings (SSSR count). The number of ether oxygens (including phenoxy) is 3. The molecule has 0 aliphatic carbocycles. The summed E-state index contributed by atoms with van der Waals surface area (Å²) in [6.45, 7) is 2.21. The van der Waals surface area contributed by atoms with Gasteiger partial charge in [0.1, 0.15) is 0 Å². The normalized spacial score (nSPS) is 10.5. The molecule has 0 atom stereocenters. The van der Waals surface area contributed by atoms with Gasteiger partial charge in [0, 0.05) is 19.3 Å². The largest absolute Gasteiger partial charge is 0.493 e. The summed E-state index contributed by atoms with van der Waals surface area (Å²) in [6.07, 6.45) is 1.34. The van der Waals surface area contributed by atoms with E-state index >= 15 is 0 Å². The Kier molecular flexibility index (Phi) is 9.67. The maximum absolute atomic E-state index is 12.2. The van der Waals surface area contributed by atoms with Crippen molar-refractivity contribution < 1.29 is 28.6 Å². The van der Waals surface area contributed by atoms with Gasteiger partial charge in [0.2, 0.25) is 0 Å². The minimum atomic E-state index is -0.899. The molecule has 0 aromatic heterocycles. The summed E-state index contributed by atoms with van der Waals surface area (Å²) in [6, 6.07) is 12.3. The Balaban J connectivity index is 1.89. The van der Waals surface area contributed by atoms with Crippen molar-refractivity contribution >= 4 is 29.6 Å². The first-order valence-corrected chi connectivity index (χ1v) is 9.71. The van der Waals surface area contributed by atoms with E-state index in [4.69, 9.17) is 14.2 Å². The lowest BCUT2D eigenvalue weighted by atomic mass is 10.2. The molecule has 32 heavy (non-hydrogen) atoms. The van der Waals surface area contributed by atoms with Gasteiger partial charge in [-0.1, -0.05) is 18.2 Å². The lowest BCUT2D eigenvalue weighted by molar-refractivity contribution is -0.139. The second-order valence-electron chi connectivity index (χ2n) is 6.51. The van der Waals surface area contributed by atoms with Crippen LogP contribution in [-0.4, -0.2) is 57.9 Å². The molecule has 0 aliphatic rings. The van der Waals surface area contributed by atoms with Gasteiger partial charge in [0.25, 0.3) is 5.91 Å². The number of anilines is 1. The van der Waals surface area contributed by atoms with Crippen LogP contribution in [0, 0.1) is 6.92 Å². The van der Waals surface area contributed by atoms with E-state index in [1.54, 1.807) is 18.2 Å². The Morgan fingerprint density at radius 3 is 2.53 bits per heavy atom. The van der Waals surface area contributed by atoms with Gasteiger partial charge in [0.05, 0.1) is 19.9 Å². The highest BCUT2D eigenvalue weighted by Gasteiger charge is 2.12. The highest BCUT2D eigenvalue weighted by molar-refractivity contribution is 6.35. The molecule has 0 fully saturated rings. The van der Waals surface area contributed by atoms with Crippen molar-refractivity contribution in [3.8, 4) is 11.5 Å². The molecule has 0 radical (unpaired) electrons. The fraction of sp³-hybridized carbons (Fsp3) is 0.273. The number of amides is 3. The molecule has 10 nitrogen and oxygen atoms in total. The van der Waals surface area contributed by atoms with Gasteiger partial charge in [-0.15, -0.1) is 0 Å². The average molecular weight is 442 g/mol. The third-order valence-electron chi connectivity index (χ3n) is 4.14. The van der Waals surface area contributed by atoms with Crippen LogP contribution in [0.1, 0.15) is 11.1 Å². The number of carbonyl (C=O) groups excluding carboxylic acids is 3. The van der Waals surface area contributed by atoms with Gasteiger partial charge in [0.15, 0.2) is 18.1 Å². The number of nitrogens with zero attached hydrogens (tertiary/aromatic N) is 1. The molecule has 0 saturated carbocycles. The van der Waals surface area contributed by atoms with E-state index in [9.17, 15) is 14.4 Å². The fourth-order valence-corrected chi connectivity index (χ4v) is 2.49. The van der Waals surface area contributed by atoms with Crippen LogP contribution in [0.3, 0.4) is 0 Å². The van der Waals surface area contributed by atoms with E-state index < -0.39 is 11.8 Å². The number of carbonyl (C=O) groups is 3. The molecule has 0 unspecified atom stereocenters. The maximum atomic E-state index is 12.2. The summed E-state index contributed by atoms with van der Waals surface area (Å²) >= 11 is 0. The van der Waals surface area contributed by atoms with Crippen molar-refractivity contribution in [1.29, 1.82) is 0 Å². The van der Waals surface area contributed by atoms with Crippen molar-refractivity contribution in [3.05, 3.63) is 53.6 Å². The van der Waals surface area contributed by atoms with Crippen molar-refractivity contribution in [1.82, 2.24) is 10.7 Å². The van der Waals surface area contributed by atoms with Crippen LogP contribution in [0.15, 0.2) is 47.6 Å². The Morgan fingerprint density at radius 1 is 1.03 bits per heavy atom. The van der Waals surface area contributed by atoms with Gasteiger partial charge in [-0.05, 0) is 42.3 Å². The number of hydrogen-bond acceptors (Lipinski definition) is 7. The Hall–Kier alpha value is -3.92. The Morgan fingerprint density at radius 2 is 1.81 bits per heavy atom. The van der Waals surface area contributed by atoms with Crippen LogP contribution in [0.4, 0.5) is 5.69 Å². The van der Waals surface area contributed by atoms with Crippen molar-refractivity contribution in [2.45, 2.75) is 6.92 Å². The minimum Gasteiger partial charge on any atom is -0.493 e. The predicted octanol–water partition coefficient (Wildman–Crippen LogP) is 1.23. The van der Waals surface area contributed by atoms with E-state index in [1.807, 2.05) is 31.2 Å². The van der Waals surface area contributed by atoms with Crippen LogP contribution in [0.5, 0.6) is 11.5 Å². The van der Waals surface area contributed by atoms with Crippen molar-refractivity contribution in [2.24, 2.45) is 5.10 Å². The van der Waals surface area contributed by atoms with E-state index in [1.165, 1.54) is 20.4 Å². The number of para-hydroxylation sites is 1.